The van der Waals surface area contributed by atoms with E-state index in [1.165, 1.54) is 53.2 Å². The summed E-state index contributed by atoms with van der Waals surface area (Å²) < 4.78 is 95.6. The molecule has 0 aliphatic carbocycles. The number of ether oxygens (including phenoxy) is 4. The van der Waals surface area contributed by atoms with E-state index >= 15 is 0 Å². The van der Waals surface area contributed by atoms with E-state index in [0.717, 1.165) is 16.9 Å². The number of nitrogens with one attached hydrogen (secondary N) is 2. The lowest BCUT2D eigenvalue weighted by Crippen LogP contribution is -2.44. The molecule has 2 aromatic carbocycles. The summed E-state index contributed by atoms with van der Waals surface area (Å²) in [5.41, 5.74) is 2.39. The van der Waals surface area contributed by atoms with Crippen LogP contribution in [0, 0.1) is 0 Å². The third-order valence-electron chi connectivity index (χ3n) is 11.0. The molecule has 3 unspecified atom stereocenters. The zero-order valence-corrected chi connectivity index (χ0v) is 39.5. The number of carbonyl (C=O) groups excluding carboxylic acids is 3. The second-order valence-corrected chi connectivity index (χ2v) is 22.6. The van der Waals surface area contributed by atoms with E-state index < -0.39 is 53.7 Å². The largest absolute Gasteiger partial charge is 0.493 e. The molecule has 4 aliphatic rings. The minimum Gasteiger partial charge on any atom is -0.493 e. The molecule has 0 bridgehead atoms. The molecule has 0 aromatic heterocycles. The van der Waals surface area contributed by atoms with E-state index in [0.29, 0.717) is 19.3 Å². The van der Waals surface area contributed by atoms with Gasteiger partial charge in [0.2, 0.25) is 5.91 Å². The van der Waals surface area contributed by atoms with Gasteiger partial charge in [-0.3, -0.25) is 14.4 Å². The van der Waals surface area contributed by atoms with Crippen LogP contribution in [0.25, 0.3) is 0 Å². The number of methoxy groups -OCH3 is 2. The minimum absolute atomic E-state index is 0.0183. The normalized spacial score (nSPS) is 21.4. The molecule has 346 valence electrons. The highest BCUT2D eigenvalue weighted by Crippen LogP contribution is 2.47. The Morgan fingerprint density at radius 2 is 1.27 bits per heavy atom. The maximum atomic E-state index is 14.9. The first-order valence-corrected chi connectivity index (χ1v) is 27.0. The molecule has 0 saturated carbocycles. The Balaban J connectivity index is 1.21. The molecule has 19 nitrogen and oxygen atoms in total. The highest BCUT2D eigenvalue weighted by atomic mass is 33.1. The standard InChI is InChI=1S/C39H52N5O14PS4/c1-23-14-29-36(57-62(49)50)40-27-18-33(31(53-4)16-25(27)38(46)43(29)20-23)55-9-11-59(48,22-42(3)35(45)8-7-13-61-60-6)12-10-56-34-19-28-26(17-32(34)54-5)39(47)44-21-24(2)15-30(44)37(41-28)58-63(51)52/h16-19,29-30,36-37,40-41,62-63H,1-2,7-15,20-22H2,3-6H3/t29-,30+,36?,37?,59?. The van der Waals surface area contributed by atoms with Crippen molar-refractivity contribution in [3.05, 3.63) is 59.7 Å². The molecule has 0 spiro atoms. The minimum atomic E-state index is -3.34. The second kappa shape index (κ2) is 21.2. The van der Waals surface area contributed by atoms with E-state index in [1.54, 1.807) is 28.6 Å². The number of rotatable bonds is 21. The highest BCUT2D eigenvalue weighted by molar-refractivity contribution is 8.76. The predicted octanol–water partition coefficient (Wildman–Crippen LogP) is 3.86. The van der Waals surface area contributed by atoms with Crippen LogP contribution in [0.5, 0.6) is 23.0 Å². The van der Waals surface area contributed by atoms with Crippen LogP contribution in [0.4, 0.5) is 11.4 Å². The lowest BCUT2D eigenvalue weighted by molar-refractivity contribution is -0.129. The Labute approximate surface area is 377 Å². The van der Waals surface area contributed by atoms with Crippen LogP contribution in [0.3, 0.4) is 0 Å². The highest BCUT2D eigenvalue weighted by Gasteiger charge is 2.44. The van der Waals surface area contributed by atoms with Crippen molar-refractivity contribution in [3.63, 3.8) is 0 Å². The first kappa shape index (κ1) is 48.3. The Morgan fingerprint density at radius 1 is 0.810 bits per heavy atom. The number of carbonyl (C=O) groups is 3. The summed E-state index contributed by atoms with van der Waals surface area (Å²) in [4.78, 5) is 45.1. The van der Waals surface area contributed by atoms with E-state index in [4.69, 9.17) is 27.3 Å². The smallest absolute Gasteiger partial charge is 0.259 e. The van der Waals surface area contributed by atoms with Crippen molar-refractivity contribution in [3.8, 4) is 23.0 Å². The van der Waals surface area contributed by atoms with Crippen LogP contribution >= 0.6 is 28.7 Å². The number of thiol groups is 2. The van der Waals surface area contributed by atoms with Crippen LogP contribution in [-0.4, -0.2) is 152 Å². The van der Waals surface area contributed by atoms with Gasteiger partial charge in [0, 0.05) is 56.8 Å². The van der Waals surface area contributed by atoms with Crippen LogP contribution in [-0.2, 0) is 39.7 Å². The fourth-order valence-corrected chi connectivity index (χ4v) is 12.3. The van der Waals surface area contributed by atoms with E-state index in [2.05, 4.69) is 23.8 Å². The summed E-state index contributed by atoms with van der Waals surface area (Å²) in [6, 6.07) is 4.70. The monoisotopic (exact) mass is 973 g/mol. The first-order valence-electron chi connectivity index (χ1n) is 19.8. The van der Waals surface area contributed by atoms with Crippen LogP contribution in [0.2, 0.25) is 0 Å². The van der Waals surface area contributed by atoms with E-state index in [-0.39, 0.29) is 115 Å². The molecule has 2 N–H and O–H groups in total. The summed E-state index contributed by atoms with van der Waals surface area (Å²) in [6.07, 6.45) is 1.21. The van der Waals surface area contributed by atoms with Crippen molar-refractivity contribution in [2.75, 3.05) is 88.8 Å². The molecule has 2 aromatic rings. The quantitative estimate of drug-likeness (QED) is 0.0458. The number of nitrogens with zero attached hydrogens (tertiary/aromatic N) is 3. The van der Waals surface area contributed by atoms with Crippen molar-refractivity contribution >= 4 is 79.8 Å². The van der Waals surface area contributed by atoms with Gasteiger partial charge in [-0.15, -0.1) is 0 Å². The molecule has 2 saturated heterocycles. The predicted molar refractivity (Wildman–Crippen MR) is 242 cm³/mol. The lowest BCUT2D eigenvalue weighted by Gasteiger charge is -2.26. The Hall–Kier alpha value is -4.12. The van der Waals surface area contributed by atoms with E-state index in [9.17, 15) is 35.8 Å². The molecule has 3 amide bonds. The van der Waals surface area contributed by atoms with Gasteiger partial charge < -0.3 is 48.8 Å². The number of benzene rings is 2. The van der Waals surface area contributed by atoms with Crippen molar-refractivity contribution in [2.24, 2.45) is 0 Å². The molecular weight excluding hydrogens is 922 g/mol. The molecular formula is C39H52N5O14PS4. The summed E-state index contributed by atoms with van der Waals surface area (Å²) in [5, 5.41) is 6.08. The summed E-state index contributed by atoms with van der Waals surface area (Å²) in [7, 11) is -2.25. The Morgan fingerprint density at radius 3 is 1.68 bits per heavy atom. The van der Waals surface area contributed by atoms with Gasteiger partial charge in [-0.05, 0) is 37.7 Å². The molecule has 4 heterocycles. The van der Waals surface area contributed by atoms with Crippen molar-refractivity contribution < 1.29 is 63.1 Å². The van der Waals surface area contributed by atoms with Crippen LogP contribution in [0.1, 0.15) is 46.4 Å². The van der Waals surface area contributed by atoms with Crippen molar-refractivity contribution in [2.45, 2.75) is 50.2 Å². The molecule has 5 atom stereocenters. The summed E-state index contributed by atoms with van der Waals surface area (Å²) in [6.45, 7) is 8.16. The molecule has 2 fully saturated rings. The Bertz CT molecular complexity index is 2170. The van der Waals surface area contributed by atoms with Crippen LogP contribution in [0.15, 0.2) is 48.6 Å². The van der Waals surface area contributed by atoms with Gasteiger partial charge in [0.15, 0.2) is 35.5 Å². The third kappa shape index (κ3) is 11.6. The summed E-state index contributed by atoms with van der Waals surface area (Å²) >= 11 is 0. The van der Waals surface area contributed by atoms with Gasteiger partial charge in [0.05, 0.1) is 68.3 Å². The first-order chi connectivity index (χ1) is 30.0. The number of anilines is 2. The van der Waals surface area contributed by atoms with Crippen LogP contribution < -0.4 is 29.6 Å². The van der Waals surface area contributed by atoms with Gasteiger partial charge in [0.1, 0.15) is 7.14 Å². The maximum Gasteiger partial charge on any atom is 0.259 e. The topological polar surface area (TPSA) is 226 Å². The Kier molecular flexibility index (Phi) is 16.3. The summed E-state index contributed by atoms with van der Waals surface area (Å²) in [5.74, 6) is 0.594. The molecule has 4 aliphatic heterocycles. The maximum absolute atomic E-state index is 14.9. The average molecular weight is 974 g/mol. The molecule has 24 heteroatoms. The molecule has 6 rings (SSSR count). The lowest BCUT2D eigenvalue weighted by atomic mass is 10.1. The average Bonchev–Trinajstić information content (AvgIpc) is 3.78. The zero-order chi connectivity index (χ0) is 45.6. The van der Waals surface area contributed by atoms with Gasteiger partial charge in [-0.2, -0.15) is 0 Å². The van der Waals surface area contributed by atoms with Crippen molar-refractivity contribution in [1.29, 1.82) is 0 Å². The number of hydrogen-bond donors (Lipinski definition) is 4. The SMILES string of the molecule is C=C1C[C@@H]2C(O[SH](=O)=O)Nc3cc(OCCP(=O)(CCOc4cc5c(cc4OC)C(=O)N4CC(=C)C[C@H]4C(O[SH](=O)=O)N5)CN(C)C(=O)CCCSSC)c(OC)cc3C(=O)N2C1. The second-order valence-electron chi connectivity index (χ2n) is 15.3. The van der Waals surface area contributed by atoms with Gasteiger partial charge in [-0.1, -0.05) is 45.9 Å². The van der Waals surface area contributed by atoms with Gasteiger partial charge >= 0.3 is 0 Å². The number of fused-ring (bicyclic) bond motifs is 4. The fraction of sp³-hybridized carbons (Fsp3) is 0.513. The number of amides is 3. The van der Waals surface area contributed by atoms with Gasteiger partial charge in [0.25, 0.3) is 33.8 Å². The number of hydrogen-bond acceptors (Lipinski definition) is 18. The van der Waals surface area contributed by atoms with Gasteiger partial charge in [-0.25, -0.2) is 25.2 Å². The molecule has 63 heavy (non-hydrogen) atoms. The zero-order valence-electron chi connectivity index (χ0n) is 35.2. The third-order valence-corrected chi connectivity index (χ3v) is 16.6. The van der Waals surface area contributed by atoms with Crippen molar-refractivity contribution in [1.82, 2.24) is 14.7 Å². The molecule has 0 radical (unpaired) electrons. The fourth-order valence-electron chi connectivity index (χ4n) is 8.01. The van der Waals surface area contributed by atoms with E-state index in [1.807, 2.05) is 6.26 Å².